The first-order valence-corrected chi connectivity index (χ1v) is 11.6. The van der Waals surface area contributed by atoms with Gasteiger partial charge in [-0.15, -0.1) is 0 Å². The number of benzene rings is 1. The van der Waals surface area contributed by atoms with Crippen molar-refractivity contribution in [2.75, 3.05) is 77.9 Å². The number of rotatable bonds is 6. The van der Waals surface area contributed by atoms with Crippen LogP contribution in [0, 0.1) is 0 Å². The second kappa shape index (κ2) is 10.1. The topological polar surface area (TPSA) is 77.2 Å². The van der Waals surface area contributed by atoms with Crippen molar-refractivity contribution in [3.05, 3.63) is 23.8 Å². The van der Waals surface area contributed by atoms with Gasteiger partial charge in [0, 0.05) is 56.3 Å². The van der Waals surface area contributed by atoms with Gasteiger partial charge in [0.05, 0.1) is 18.9 Å². The highest BCUT2D eigenvalue weighted by Crippen LogP contribution is 2.37. The lowest BCUT2D eigenvalue weighted by atomic mass is 10.1. The van der Waals surface area contributed by atoms with Gasteiger partial charge in [-0.3, -0.25) is 14.5 Å². The molecule has 0 saturated carbocycles. The van der Waals surface area contributed by atoms with Gasteiger partial charge in [-0.05, 0) is 38.2 Å². The van der Waals surface area contributed by atoms with Crippen molar-refractivity contribution >= 4 is 29.3 Å². The molecule has 3 aliphatic rings. The van der Waals surface area contributed by atoms with Crippen molar-refractivity contribution in [1.82, 2.24) is 20.0 Å². The third-order valence-corrected chi connectivity index (χ3v) is 7.22. The third-order valence-electron chi connectivity index (χ3n) is 5.87. The largest absolute Gasteiger partial charge is 0.379 e. The van der Waals surface area contributed by atoms with Crippen LogP contribution in [0.3, 0.4) is 0 Å². The van der Waals surface area contributed by atoms with E-state index in [1.165, 1.54) is 0 Å². The summed E-state index contributed by atoms with van der Waals surface area (Å²) in [6.07, 6.45) is 0.939. The zero-order valence-corrected chi connectivity index (χ0v) is 18.4. The molecule has 2 fully saturated rings. The van der Waals surface area contributed by atoms with E-state index in [0.29, 0.717) is 25.3 Å². The van der Waals surface area contributed by atoms with E-state index >= 15 is 0 Å². The molecule has 2 saturated heterocycles. The molecule has 3 heterocycles. The quantitative estimate of drug-likeness (QED) is 0.642. The number of fused-ring (bicyclic) bond motifs is 1. The Kier molecular flexibility index (Phi) is 7.27. The van der Waals surface area contributed by atoms with Gasteiger partial charge in [0.15, 0.2) is 0 Å². The minimum Gasteiger partial charge on any atom is -0.379 e. The summed E-state index contributed by atoms with van der Waals surface area (Å²) in [5, 5.41) is 5.75. The Morgan fingerprint density at radius 1 is 1.20 bits per heavy atom. The maximum atomic E-state index is 12.6. The van der Waals surface area contributed by atoms with Crippen LogP contribution in [0.25, 0.3) is 0 Å². The normalized spacial score (nSPS) is 23.6. The van der Waals surface area contributed by atoms with Crippen molar-refractivity contribution in [2.24, 2.45) is 0 Å². The molecule has 0 spiro atoms. The molecule has 1 atom stereocenters. The number of piperazine rings is 1. The number of amides is 2. The Bertz CT molecular complexity index is 763. The average Bonchev–Trinajstić information content (AvgIpc) is 2.77. The number of likely N-dealkylation sites (N-methyl/N-ethyl adjacent to an activating group) is 1. The molecule has 1 aromatic rings. The molecule has 1 unspecified atom stereocenters. The van der Waals surface area contributed by atoms with Crippen molar-refractivity contribution in [3.8, 4) is 0 Å². The Hall–Kier alpha value is -1.65. The molecule has 30 heavy (non-hydrogen) atoms. The van der Waals surface area contributed by atoms with Crippen LogP contribution >= 0.6 is 11.8 Å². The fourth-order valence-electron chi connectivity index (χ4n) is 3.97. The van der Waals surface area contributed by atoms with Crippen molar-refractivity contribution in [1.29, 1.82) is 0 Å². The number of nitrogens with one attached hydrogen (secondary N) is 2. The second-order valence-corrected chi connectivity index (χ2v) is 9.20. The van der Waals surface area contributed by atoms with Crippen LogP contribution in [0.1, 0.15) is 16.8 Å². The Morgan fingerprint density at radius 3 is 2.73 bits per heavy atom. The summed E-state index contributed by atoms with van der Waals surface area (Å²) in [7, 11) is 2.15. The first kappa shape index (κ1) is 21.6. The number of hydrogen-bond donors (Lipinski definition) is 2. The minimum atomic E-state index is -0.240. The lowest BCUT2D eigenvalue weighted by molar-refractivity contribution is -0.119. The molecule has 2 N–H and O–H groups in total. The smallest absolute Gasteiger partial charge is 0.252 e. The summed E-state index contributed by atoms with van der Waals surface area (Å²) in [5.41, 5.74) is 1.30. The maximum absolute atomic E-state index is 12.6. The van der Waals surface area contributed by atoms with Gasteiger partial charge in [0.1, 0.15) is 5.37 Å². The van der Waals surface area contributed by atoms with Crippen molar-refractivity contribution < 1.29 is 14.3 Å². The number of ether oxygens (including phenoxy) is 1. The Balaban J connectivity index is 1.27. The highest BCUT2D eigenvalue weighted by molar-refractivity contribution is 8.00. The summed E-state index contributed by atoms with van der Waals surface area (Å²) in [6, 6.07) is 5.56. The molecule has 8 nitrogen and oxygen atoms in total. The zero-order valence-electron chi connectivity index (χ0n) is 17.6. The summed E-state index contributed by atoms with van der Waals surface area (Å²) in [5.74, 6) is -0.120. The Morgan fingerprint density at radius 2 is 1.97 bits per heavy atom. The van der Waals surface area contributed by atoms with E-state index in [-0.39, 0.29) is 17.2 Å². The monoisotopic (exact) mass is 433 g/mol. The summed E-state index contributed by atoms with van der Waals surface area (Å²) in [6.45, 7) is 8.90. The van der Waals surface area contributed by atoms with Gasteiger partial charge in [-0.1, -0.05) is 11.8 Å². The second-order valence-electron chi connectivity index (χ2n) is 8.07. The summed E-state index contributed by atoms with van der Waals surface area (Å²) < 4.78 is 5.38. The van der Waals surface area contributed by atoms with Gasteiger partial charge in [0.2, 0.25) is 0 Å². The van der Waals surface area contributed by atoms with E-state index in [0.717, 1.165) is 62.8 Å². The molecule has 2 amide bonds. The molecule has 0 aliphatic carbocycles. The van der Waals surface area contributed by atoms with Crippen LogP contribution < -0.4 is 10.6 Å². The van der Waals surface area contributed by atoms with E-state index in [4.69, 9.17) is 4.74 Å². The molecular weight excluding hydrogens is 402 g/mol. The first-order valence-electron chi connectivity index (χ1n) is 10.7. The number of nitrogens with zero attached hydrogens (tertiary/aromatic N) is 3. The summed E-state index contributed by atoms with van der Waals surface area (Å²) in [4.78, 5) is 33.1. The molecule has 0 bridgehead atoms. The fraction of sp³-hybridized carbons (Fsp3) is 0.619. The molecule has 0 aromatic heterocycles. The summed E-state index contributed by atoms with van der Waals surface area (Å²) >= 11 is 1.55. The molecule has 0 radical (unpaired) electrons. The van der Waals surface area contributed by atoms with Crippen LogP contribution in [-0.2, 0) is 9.53 Å². The SMILES string of the molecule is CN1CCN(CCCNC(=O)c2ccc3c(c2)NC(=O)C(N2CCOCC2)S3)CC1. The number of thioether (sulfide) groups is 1. The van der Waals surface area contributed by atoms with Crippen LogP contribution in [0.2, 0.25) is 0 Å². The Labute approximate surface area is 182 Å². The number of morpholine rings is 1. The van der Waals surface area contributed by atoms with Crippen LogP contribution in [0.4, 0.5) is 5.69 Å². The lowest BCUT2D eigenvalue weighted by Gasteiger charge is -2.35. The van der Waals surface area contributed by atoms with Gasteiger partial charge in [-0.25, -0.2) is 0 Å². The molecular formula is C21H31N5O3S. The molecule has 9 heteroatoms. The molecule has 164 valence electrons. The average molecular weight is 434 g/mol. The standard InChI is InChI=1S/C21H31N5O3S/c1-24-7-9-25(10-8-24)6-2-5-22-19(27)16-3-4-18-17(15-16)23-20(28)21(30-18)26-11-13-29-14-12-26/h3-4,15,21H,2,5-14H2,1H3,(H,22,27)(H,23,28). The van der Waals surface area contributed by atoms with Gasteiger partial charge >= 0.3 is 0 Å². The van der Waals surface area contributed by atoms with Crippen molar-refractivity contribution in [3.63, 3.8) is 0 Å². The van der Waals surface area contributed by atoms with E-state index in [9.17, 15) is 9.59 Å². The third kappa shape index (κ3) is 5.33. The predicted octanol–water partition coefficient (Wildman–Crippen LogP) is 0.756. The molecule has 3 aliphatic heterocycles. The minimum absolute atomic E-state index is 0.0286. The number of carbonyl (C=O) groups is 2. The van der Waals surface area contributed by atoms with Crippen LogP contribution in [0.5, 0.6) is 0 Å². The van der Waals surface area contributed by atoms with Gasteiger partial charge < -0.3 is 25.2 Å². The van der Waals surface area contributed by atoms with Gasteiger partial charge in [0.25, 0.3) is 11.8 Å². The molecule has 4 rings (SSSR count). The van der Waals surface area contributed by atoms with Crippen LogP contribution in [-0.4, -0.2) is 105 Å². The van der Waals surface area contributed by atoms with Crippen molar-refractivity contribution in [2.45, 2.75) is 16.7 Å². The maximum Gasteiger partial charge on any atom is 0.252 e. The van der Waals surface area contributed by atoms with E-state index < -0.39 is 0 Å². The van der Waals surface area contributed by atoms with E-state index in [1.54, 1.807) is 17.8 Å². The number of anilines is 1. The number of carbonyl (C=O) groups excluding carboxylic acids is 2. The number of hydrogen-bond acceptors (Lipinski definition) is 7. The zero-order chi connectivity index (χ0) is 20.9. The first-order chi connectivity index (χ1) is 14.6. The van der Waals surface area contributed by atoms with E-state index in [2.05, 4.69) is 32.4 Å². The highest BCUT2D eigenvalue weighted by Gasteiger charge is 2.33. The predicted molar refractivity (Wildman–Crippen MR) is 118 cm³/mol. The van der Waals surface area contributed by atoms with E-state index in [1.807, 2.05) is 12.1 Å². The highest BCUT2D eigenvalue weighted by atomic mass is 32.2. The molecule has 1 aromatic carbocycles. The fourth-order valence-corrected chi connectivity index (χ4v) is 5.12. The lowest BCUT2D eigenvalue weighted by Crippen LogP contribution is -2.48. The van der Waals surface area contributed by atoms with Gasteiger partial charge in [-0.2, -0.15) is 0 Å². The van der Waals surface area contributed by atoms with Crippen LogP contribution in [0.15, 0.2) is 23.1 Å².